The fourth-order valence-electron chi connectivity index (χ4n) is 3.75. The summed E-state index contributed by atoms with van der Waals surface area (Å²) in [6.07, 6.45) is 2.02. The third-order valence-corrected chi connectivity index (χ3v) is 6.41. The molecular formula is C25H21N3OS. The average Bonchev–Trinajstić information content (AvgIpc) is 3.39. The van der Waals surface area contributed by atoms with E-state index in [-0.39, 0.29) is 5.91 Å². The molecule has 1 amide bonds. The van der Waals surface area contributed by atoms with Gasteiger partial charge in [0, 0.05) is 31.0 Å². The number of para-hydroxylation sites is 2. The van der Waals surface area contributed by atoms with Crippen LogP contribution >= 0.6 is 11.8 Å². The Morgan fingerprint density at radius 1 is 0.933 bits per heavy atom. The van der Waals surface area contributed by atoms with Gasteiger partial charge in [-0.05, 0) is 35.4 Å². The van der Waals surface area contributed by atoms with Gasteiger partial charge in [-0.1, -0.05) is 54.6 Å². The Labute approximate surface area is 179 Å². The van der Waals surface area contributed by atoms with Crippen LogP contribution in [0.15, 0.2) is 83.9 Å². The van der Waals surface area contributed by atoms with Crippen molar-refractivity contribution < 1.29 is 4.79 Å². The molecule has 148 valence electrons. The monoisotopic (exact) mass is 411 g/mol. The van der Waals surface area contributed by atoms with E-state index in [9.17, 15) is 4.79 Å². The molecule has 0 spiro atoms. The smallest absolute Gasteiger partial charge is 0.258 e. The number of hydrogen-bond donors (Lipinski definition) is 0. The van der Waals surface area contributed by atoms with Crippen molar-refractivity contribution in [2.24, 2.45) is 7.05 Å². The summed E-state index contributed by atoms with van der Waals surface area (Å²) in [5.74, 6) is 1.78. The lowest BCUT2D eigenvalue weighted by molar-refractivity contribution is 0.0831. The number of carbonyl (C=O) groups is 1. The van der Waals surface area contributed by atoms with Gasteiger partial charge in [-0.2, -0.15) is 0 Å². The summed E-state index contributed by atoms with van der Waals surface area (Å²) in [4.78, 5) is 19.8. The maximum absolute atomic E-state index is 13.2. The number of carbonyl (C=O) groups excluding carboxylic acids is 1. The third kappa shape index (κ3) is 3.42. The van der Waals surface area contributed by atoms with E-state index in [1.807, 2.05) is 78.7 Å². The second-order valence-electron chi connectivity index (χ2n) is 7.25. The van der Waals surface area contributed by atoms with Gasteiger partial charge in [0.05, 0.1) is 16.1 Å². The van der Waals surface area contributed by atoms with E-state index in [4.69, 9.17) is 4.98 Å². The van der Waals surface area contributed by atoms with Crippen LogP contribution < -0.4 is 0 Å². The number of imidazole rings is 1. The Bertz CT molecular complexity index is 1240. The van der Waals surface area contributed by atoms with Crippen molar-refractivity contribution in [3.8, 4) is 11.1 Å². The molecule has 0 atom stereocenters. The number of aryl methyl sites for hydroxylation is 1. The summed E-state index contributed by atoms with van der Waals surface area (Å²) < 4.78 is 2.07. The molecule has 1 aliphatic rings. The van der Waals surface area contributed by atoms with E-state index >= 15 is 0 Å². The minimum absolute atomic E-state index is 0.0321. The molecule has 3 aromatic carbocycles. The zero-order valence-corrected chi connectivity index (χ0v) is 17.5. The second kappa shape index (κ2) is 7.84. The maximum atomic E-state index is 13.2. The largest absolute Gasteiger partial charge is 0.328 e. The van der Waals surface area contributed by atoms with Crippen LogP contribution in [-0.4, -0.2) is 32.7 Å². The molecular weight excluding hydrogens is 390 g/mol. The predicted octanol–water partition coefficient (Wildman–Crippen LogP) is 5.43. The quantitative estimate of drug-likeness (QED) is 0.451. The van der Waals surface area contributed by atoms with Crippen molar-refractivity contribution >= 4 is 34.8 Å². The lowest BCUT2D eigenvalue weighted by Gasteiger charge is -2.17. The molecule has 2 heterocycles. The lowest BCUT2D eigenvalue weighted by Crippen LogP contribution is -2.26. The molecule has 4 aromatic rings. The summed E-state index contributed by atoms with van der Waals surface area (Å²) in [7, 11) is 2.01. The molecule has 0 unspecified atom stereocenters. The molecule has 1 aromatic heterocycles. The van der Waals surface area contributed by atoms with Crippen LogP contribution in [0.2, 0.25) is 0 Å². The molecule has 0 bridgehead atoms. The van der Waals surface area contributed by atoms with Crippen LogP contribution in [0.1, 0.15) is 16.2 Å². The van der Waals surface area contributed by atoms with E-state index in [0.717, 1.165) is 38.8 Å². The van der Waals surface area contributed by atoms with Gasteiger partial charge in [-0.3, -0.25) is 4.79 Å². The fraction of sp³-hybridized carbons (Fsp3) is 0.120. The van der Waals surface area contributed by atoms with Crippen molar-refractivity contribution in [3.05, 3.63) is 95.3 Å². The van der Waals surface area contributed by atoms with Crippen LogP contribution in [0.5, 0.6) is 0 Å². The molecule has 1 fully saturated rings. The van der Waals surface area contributed by atoms with Gasteiger partial charge in [-0.15, -0.1) is 11.8 Å². The number of hydrogen-bond acceptors (Lipinski definition) is 3. The number of aromatic nitrogens is 2. The van der Waals surface area contributed by atoms with Gasteiger partial charge in [0.25, 0.3) is 5.91 Å². The molecule has 0 saturated carbocycles. The van der Waals surface area contributed by atoms with Crippen molar-refractivity contribution in [1.82, 2.24) is 14.5 Å². The van der Waals surface area contributed by atoms with Crippen molar-refractivity contribution in [1.29, 1.82) is 0 Å². The third-order valence-electron chi connectivity index (χ3n) is 5.39. The number of benzene rings is 3. The Kier molecular flexibility index (Phi) is 4.89. The molecule has 0 N–H and O–H groups in total. The van der Waals surface area contributed by atoms with Gasteiger partial charge in [0.15, 0.2) is 0 Å². The number of rotatable bonds is 3. The molecule has 30 heavy (non-hydrogen) atoms. The van der Waals surface area contributed by atoms with Gasteiger partial charge >= 0.3 is 0 Å². The molecule has 5 heteroatoms. The second-order valence-corrected chi connectivity index (χ2v) is 8.36. The highest BCUT2D eigenvalue weighted by atomic mass is 32.2. The van der Waals surface area contributed by atoms with E-state index in [1.165, 1.54) is 0 Å². The van der Waals surface area contributed by atoms with Gasteiger partial charge in [0.2, 0.25) is 0 Å². The summed E-state index contributed by atoms with van der Waals surface area (Å²) in [6.45, 7) is 0.708. The minimum atomic E-state index is 0.0321. The number of nitrogens with zero attached hydrogens (tertiary/aromatic N) is 3. The maximum Gasteiger partial charge on any atom is 0.258 e. The highest BCUT2D eigenvalue weighted by molar-refractivity contribution is 8.03. The SMILES string of the molecule is Cn1c(/C=C2/SCCN2C(=O)c2ccc(-c3ccccc3)cc2)nc2ccccc21. The fourth-order valence-corrected chi connectivity index (χ4v) is 4.75. The first-order chi connectivity index (χ1) is 14.7. The first-order valence-corrected chi connectivity index (χ1v) is 10.9. The van der Waals surface area contributed by atoms with Gasteiger partial charge < -0.3 is 9.47 Å². The molecule has 0 aliphatic carbocycles. The van der Waals surface area contributed by atoms with Crippen LogP contribution in [0.4, 0.5) is 0 Å². The van der Waals surface area contributed by atoms with E-state index < -0.39 is 0 Å². The predicted molar refractivity (Wildman–Crippen MR) is 124 cm³/mol. The van der Waals surface area contributed by atoms with E-state index in [2.05, 4.69) is 22.8 Å². The first kappa shape index (κ1) is 18.7. The normalized spacial score (nSPS) is 15.2. The average molecular weight is 412 g/mol. The van der Waals surface area contributed by atoms with E-state index in [1.54, 1.807) is 11.8 Å². The standard InChI is InChI=1S/C25H21N3OS/c1-27-22-10-6-5-9-21(22)26-23(27)17-24-28(15-16-30-24)25(29)20-13-11-19(12-14-20)18-7-3-2-4-8-18/h2-14,17H,15-16H2,1H3/b24-17+. The summed E-state index contributed by atoms with van der Waals surface area (Å²) >= 11 is 1.70. The number of thioether (sulfide) groups is 1. The molecule has 4 nitrogen and oxygen atoms in total. The Hall–Kier alpha value is -3.31. The van der Waals surface area contributed by atoms with Crippen molar-refractivity contribution in [2.75, 3.05) is 12.3 Å². The summed E-state index contributed by atoms with van der Waals surface area (Å²) in [5.41, 5.74) is 5.01. The van der Waals surface area contributed by atoms with Crippen LogP contribution in [0.3, 0.4) is 0 Å². The first-order valence-electron chi connectivity index (χ1n) is 9.94. The van der Waals surface area contributed by atoms with Gasteiger partial charge in [-0.25, -0.2) is 4.98 Å². The van der Waals surface area contributed by atoms with Crippen molar-refractivity contribution in [2.45, 2.75) is 0 Å². The molecule has 1 aliphatic heterocycles. The van der Waals surface area contributed by atoms with Crippen LogP contribution in [0.25, 0.3) is 28.2 Å². The number of amides is 1. The van der Waals surface area contributed by atoms with Gasteiger partial charge in [0.1, 0.15) is 5.82 Å². The van der Waals surface area contributed by atoms with Crippen molar-refractivity contribution in [3.63, 3.8) is 0 Å². The van der Waals surface area contributed by atoms with Crippen LogP contribution in [-0.2, 0) is 7.05 Å². The summed E-state index contributed by atoms with van der Waals surface area (Å²) in [5, 5.41) is 0.950. The zero-order chi connectivity index (χ0) is 20.5. The Balaban J connectivity index is 1.42. The highest BCUT2D eigenvalue weighted by Crippen LogP contribution is 2.32. The Morgan fingerprint density at radius 3 is 2.40 bits per heavy atom. The Morgan fingerprint density at radius 2 is 1.63 bits per heavy atom. The molecule has 5 rings (SSSR count). The molecule has 0 radical (unpaired) electrons. The van der Waals surface area contributed by atoms with Crippen LogP contribution in [0, 0.1) is 0 Å². The minimum Gasteiger partial charge on any atom is -0.328 e. The summed E-state index contributed by atoms with van der Waals surface area (Å²) in [6, 6.07) is 26.1. The molecule has 1 saturated heterocycles. The lowest BCUT2D eigenvalue weighted by atomic mass is 10.0. The highest BCUT2D eigenvalue weighted by Gasteiger charge is 2.26. The zero-order valence-electron chi connectivity index (χ0n) is 16.7. The number of fused-ring (bicyclic) bond motifs is 1. The topological polar surface area (TPSA) is 38.1 Å². The van der Waals surface area contributed by atoms with E-state index in [0.29, 0.717) is 12.1 Å².